The first-order chi connectivity index (χ1) is 15.3. The monoisotopic (exact) mass is 440 g/mol. The van der Waals surface area contributed by atoms with Crippen LogP contribution in [0.1, 0.15) is 43.1 Å². The highest BCUT2D eigenvalue weighted by molar-refractivity contribution is 5.94. The van der Waals surface area contributed by atoms with E-state index in [4.69, 9.17) is 9.47 Å². The van der Waals surface area contributed by atoms with E-state index in [0.29, 0.717) is 13.1 Å². The molecule has 0 aliphatic carbocycles. The molecule has 1 amide bonds. The van der Waals surface area contributed by atoms with E-state index in [1.54, 1.807) is 7.11 Å². The maximum atomic E-state index is 12.7. The Morgan fingerprint density at radius 3 is 2.50 bits per heavy atom. The predicted octanol–water partition coefficient (Wildman–Crippen LogP) is 3.58. The molecular formula is C26H36N2O4. The maximum absolute atomic E-state index is 12.7. The van der Waals surface area contributed by atoms with Gasteiger partial charge in [0.25, 0.3) is 5.91 Å². The summed E-state index contributed by atoms with van der Waals surface area (Å²) in [7, 11) is 1.65. The van der Waals surface area contributed by atoms with Crippen molar-refractivity contribution in [2.45, 2.75) is 38.7 Å². The molecule has 0 aromatic heterocycles. The van der Waals surface area contributed by atoms with E-state index in [1.165, 1.54) is 0 Å². The molecule has 6 heteroatoms. The van der Waals surface area contributed by atoms with Gasteiger partial charge in [0.15, 0.2) is 0 Å². The molecule has 1 atom stereocenters. The molecule has 1 heterocycles. The molecule has 1 fully saturated rings. The predicted molar refractivity (Wildman–Crippen MR) is 127 cm³/mol. The third-order valence-electron chi connectivity index (χ3n) is 5.79. The van der Waals surface area contributed by atoms with Crippen LogP contribution in [0.5, 0.6) is 11.5 Å². The van der Waals surface area contributed by atoms with E-state index in [-0.39, 0.29) is 17.9 Å². The van der Waals surface area contributed by atoms with Gasteiger partial charge in [0.05, 0.1) is 7.11 Å². The van der Waals surface area contributed by atoms with Crippen molar-refractivity contribution in [1.82, 2.24) is 9.80 Å². The number of benzene rings is 2. The van der Waals surface area contributed by atoms with Crippen LogP contribution in [0, 0.1) is 0 Å². The van der Waals surface area contributed by atoms with Gasteiger partial charge < -0.3 is 19.5 Å². The fourth-order valence-electron chi connectivity index (χ4n) is 4.00. The normalized spacial score (nSPS) is 16.3. The standard InChI is InChI=1S/C26H36N2O4/c1-26(2,3)23-17-22(31-4)11-12-24(23)32-19-21(29)18-27-13-8-14-28(16-15-27)25(30)20-9-6-5-7-10-20/h5-7,9-12,17,21,29H,8,13-16,18-19H2,1-4H3. The van der Waals surface area contributed by atoms with Gasteiger partial charge in [-0.25, -0.2) is 0 Å². The third-order valence-corrected chi connectivity index (χ3v) is 5.79. The molecule has 32 heavy (non-hydrogen) atoms. The van der Waals surface area contributed by atoms with Crippen molar-refractivity contribution in [3.05, 3.63) is 59.7 Å². The number of amides is 1. The van der Waals surface area contributed by atoms with Crippen LogP contribution < -0.4 is 9.47 Å². The van der Waals surface area contributed by atoms with Crippen molar-refractivity contribution in [3.8, 4) is 11.5 Å². The molecule has 0 saturated carbocycles. The first-order valence-electron chi connectivity index (χ1n) is 11.3. The summed E-state index contributed by atoms with van der Waals surface area (Å²) in [6, 6.07) is 15.2. The number of methoxy groups -OCH3 is 1. The number of β-amino-alcohol motifs (C(OH)–C–C–N with tert-alkyl or cyclic N) is 1. The van der Waals surface area contributed by atoms with E-state index in [1.807, 2.05) is 53.4 Å². The van der Waals surface area contributed by atoms with Gasteiger partial charge in [-0.3, -0.25) is 9.69 Å². The third kappa shape index (κ3) is 6.47. The average Bonchev–Trinajstić information content (AvgIpc) is 3.02. The summed E-state index contributed by atoms with van der Waals surface area (Å²) in [4.78, 5) is 16.8. The van der Waals surface area contributed by atoms with Crippen molar-refractivity contribution in [2.75, 3.05) is 46.4 Å². The van der Waals surface area contributed by atoms with Crippen LogP contribution >= 0.6 is 0 Å². The second-order valence-corrected chi connectivity index (χ2v) is 9.39. The Morgan fingerprint density at radius 2 is 1.81 bits per heavy atom. The summed E-state index contributed by atoms with van der Waals surface area (Å²) < 4.78 is 11.4. The van der Waals surface area contributed by atoms with Gasteiger partial charge in [0, 0.05) is 37.3 Å². The minimum atomic E-state index is -0.610. The zero-order valence-corrected chi connectivity index (χ0v) is 19.7. The minimum absolute atomic E-state index is 0.0746. The van der Waals surface area contributed by atoms with Crippen molar-refractivity contribution in [1.29, 1.82) is 0 Å². The lowest BCUT2D eigenvalue weighted by Gasteiger charge is -2.26. The van der Waals surface area contributed by atoms with Gasteiger partial charge >= 0.3 is 0 Å². The molecule has 174 valence electrons. The molecule has 0 radical (unpaired) electrons. The highest BCUT2D eigenvalue weighted by Crippen LogP contribution is 2.34. The van der Waals surface area contributed by atoms with Crippen LogP contribution in [-0.4, -0.2) is 73.4 Å². The molecular weight excluding hydrogens is 404 g/mol. The summed E-state index contributed by atoms with van der Waals surface area (Å²) >= 11 is 0. The Morgan fingerprint density at radius 1 is 1.06 bits per heavy atom. The summed E-state index contributed by atoms with van der Waals surface area (Å²) in [6.45, 7) is 10.1. The van der Waals surface area contributed by atoms with Crippen molar-refractivity contribution in [2.24, 2.45) is 0 Å². The van der Waals surface area contributed by atoms with Crippen LogP contribution in [0.25, 0.3) is 0 Å². The van der Waals surface area contributed by atoms with Gasteiger partial charge in [-0.2, -0.15) is 0 Å². The first kappa shape index (κ1) is 24.1. The smallest absolute Gasteiger partial charge is 0.253 e. The van der Waals surface area contributed by atoms with Crippen LogP contribution in [-0.2, 0) is 5.41 Å². The fourth-order valence-corrected chi connectivity index (χ4v) is 4.00. The minimum Gasteiger partial charge on any atom is -0.497 e. The Labute approximate surface area is 191 Å². The number of carbonyl (C=O) groups excluding carboxylic acids is 1. The van der Waals surface area contributed by atoms with E-state index in [2.05, 4.69) is 25.7 Å². The molecule has 0 spiro atoms. The summed E-state index contributed by atoms with van der Waals surface area (Å²) in [5, 5.41) is 10.6. The van der Waals surface area contributed by atoms with Gasteiger partial charge in [0.2, 0.25) is 0 Å². The average molecular weight is 441 g/mol. The number of nitrogens with zero attached hydrogens (tertiary/aromatic N) is 2. The molecule has 6 nitrogen and oxygen atoms in total. The van der Waals surface area contributed by atoms with E-state index in [9.17, 15) is 9.90 Å². The quantitative estimate of drug-likeness (QED) is 0.713. The van der Waals surface area contributed by atoms with Crippen LogP contribution in [0.4, 0.5) is 0 Å². The second kappa shape index (κ2) is 10.8. The molecule has 0 bridgehead atoms. The van der Waals surface area contributed by atoms with Crippen LogP contribution in [0.15, 0.2) is 48.5 Å². The number of aliphatic hydroxyl groups is 1. The first-order valence-corrected chi connectivity index (χ1v) is 11.3. The van der Waals surface area contributed by atoms with Crippen molar-refractivity contribution >= 4 is 5.91 Å². The number of hydrogen-bond acceptors (Lipinski definition) is 5. The number of ether oxygens (including phenoxy) is 2. The van der Waals surface area contributed by atoms with Gasteiger partial charge in [-0.15, -0.1) is 0 Å². The van der Waals surface area contributed by atoms with Crippen LogP contribution in [0.2, 0.25) is 0 Å². The Bertz CT molecular complexity index is 879. The lowest BCUT2D eigenvalue weighted by Crippen LogP contribution is -2.39. The van der Waals surface area contributed by atoms with Crippen molar-refractivity contribution < 1.29 is 19.4 Å². The second-order valence-electron chi connectivity index (χ2n) is 9.39. The SMILES string of the molecule is COc1ccc(OCC(O)CN2CCCN(C(=O)c3ccccc3)CC2)c(C(C)(C)C)c1. The molecule has 2 aromatic rings. The molecule has 3 rings (SSSR count). The lowest BCUT2D eigenvalue weighted by molar-refractivity contribution is 0.0665. The zero-order chi connectivity index (χ0) is 23.1. The van der Waals surface area contributed by atoms with Crippen molar-refractivity contribution in [3.63, 3.8) is 0 Å². The molecule has 1 N–H and O–H groups in total. The van der Waals surface area contributed by atoms with Gasteiger partial charge in [0.1, 0.15) is 24.2 Å². The van der Waals surface area contributed by atoms with Crippen LogP contribution in [0.3, 0.4) is 0 Å². The van der Waals surface area contributed by atoms with E-state index < -0.39 is 6.10 Å². The van der Waals surface area contributed by atoms with E-state index in [0.717, 1.165) is 48.7 Å². The topological polar surface area (TPSA) is 62.2 Å². The Balaban J connectivity index is 1.53. The maximum Gasteiger partial charge on any atom is 0.253 e. The lowest BCUT2D eigenvalue weighted by atomic mass is 9.86. The van der Waals surface area contributed by atoms with Gasteiger partial charge in [-0.1, -0.05) is 39.0 Å². The molecule has 1 aliphatic heterocycles. The number of hydrogen-bond donors (Lipinski definition) is 1. The Kier molecular flexibility index (Phi) is 8.15. The number of rotatable bonds is 7. The number of carbonyl (C=O) groups is 1. The van der Waals surface area contributed by atoms with Gasteiger partial charge in [-0.05, 0) is 48.7 Å². The highest BCUT2D eigenvalue weighted by Gasteiger charge is 2.23. The molecule has 1 aliphatic rings. The summed E-state index contributed by atoms with van der Waals surface area (Å²) in [6.07, 6.45) is 0.278. The zero-order valence-electron chi connectivity index (χ0n) is 19.7. The Hall–Kier alpha value is -2.57. The molecule has 2 aromatic carbocycles. The largest absolute Gasteiger partial charge is 0.497 e. The molecule has 1 unspecified atom stereocenters. The number of aliphatic hydroxyl groups excluding tert-OH is 1. The highest BCUT2D eigenvalue weighted by atomic mass is 16.5. The summed E-state index contributed by atoms with van der Waals surface area (Å²) in [5.41, 5.74) is 1.67. The fraction of sp³-hybridized carbons (Fsp3) is 0.500. The molecule has 1 saturated heterocycles. The van der Waals surface area contributed by atoms with E-state index >= 15 is 0 Å². The summed E-state index contributed by atoms with van der Waals surface area (Å²) in [5.74, 6) is 1.64.